The molecule has 0 spiro atoms. The van der Waals surface area contributed by atoms with Crippen molar-refractivity contribution >= 4 is 11.6 Å². The average molecular weight is 160 g/mol. The molecule has 64 valence electrons. The van der Waals surface area contributed by atoms with Crippen LogP contribution in [0, 0.1) is 0 Å². The zero-order chi connectivity index (χ0) is 8.85. The van der Waals surface area contributed by atoms with Crippen LogP contribution in [0.4, 0.5) is 4.39 Å². The summed E-state index contributed by atoms with van der Waals surface area (Å²) in [5, 5.41) is 0. The Kier molecular flexibility index (Phi) is 4.66. The van der Waals surface area contributed by atoms with Gasteiger partial charge >= 0.3 is 0 Å². The van der Waals surface area contributed by atoms with Crippen molar-refractivity contribution in [3.8, 4) is 0 Å². The average Bonchev–Trinajstić information content (AvgIpc) is 1.98. The molecule has 1 unspecified atom stereocenters. The predicted molar refractivity (Wildman–Crippen MR) is 40.1 cm³/mol. The van der Waals surface area contributed by atoms with Gasteiger partial charge in [0.05, 0.1) is 0 Å². The topological polar surface area (TPSA) is 34.1 Å². The second kappa shape index (κ2) is 4.99. The molecule has 0 N–H and O–H groups in total. The molecule has 3 heteroatoms. The number of hydrogen-bond donors (Lipinski definition) is 0. The molecule has 0 amide bonds. The zero-order valence-electron chi connectivity index (χ0n) is 6.89. The molecule has 0 fully saturated rings. The van der Waals surface area contributed by atoms with E-state index >= 15 is 0 Å². The Labute approximate surface area is 65.8 Å². The smallest absolute Gasteiger partial charge is 0.166 e. The van der Waals surface area contributed by atoms with Crippen LogP contribution < -0.4 is 0 Å². The Morgan fingerprint density at radius 1 is 1.45 bits per heavy atom. The van der Waals surface area contributed by atoms with Crippen molar-refractivity contribution in [2.75, 3.05) is 0 Å². The Morgan fingerprint density at radius 2 is 2.00 bits per heavy atom. The maximum atomic E-state index is 12.7. The molecule has 0 bridgehead atoms. The van der Waals surface area contributed by atoms with Crippen molar-refractivity contribution in [2.45, 2.75) is 39.3 Å². The number of carbonyl (C=O) groups excluding carboxylic acids is 2. The molecule has 0 aliphatic rings. The first-order valence-electron chi connectivity index (χ1n) is 3.74. The minimum absolute atomic E-state index is 0.0437. The van der Waals surface area contributed by atoms with E-state index in [-0.39, 0.29) is 25.0 Å². The Hall–Kier alpha value is -0.730. The fourth-order valence-electron chi connectivity index (χ4n) is 0.712. The van der Waals surface area contributed by atoms with Crippen LogP contribution in [0.2, 0.25) is 0 Å². The molecule has 0 heterocycles. The van der Waals surface area contributed by atoms with Gasteiger partial charge in [-0.25, -0.2) is 4.39 Å². The molecule has 0 saturated heterocycles. The lowest BCUT2D eigenvalue weighted by atomic mass is 10.1. The quantitative estimate of drug-likeness (QED) is 0.613. The highest BCUT2D eigenvalue weighted by Crippen LogP contribution is 2.05. The van der Waals surface area contributed by atoms with Gasteiger partial charge in [-0.15, -0.1) is 0 Å². The molecule has 0 aromatic heterocycles. The van der Waals surface area contributed by atoms with Gasteiger partial charge in [0.1, 0.15) is 5.78 Å². The number of rotatable bonds is 5. The molecule has 0 aliphatic carbocycles. The minimum atomic E-state index is -1.44. The van der Waals surface area contributed by atoms with Gasteiger partial charge in [-0.05, 0) is 13.3 Å². The molecular formula is C8H13FO2. The standard InChI is InChI=1S/C8H13FO2/c1-3-8(11)7(9)5-4-6(2)10/h7H,3-5H2,1-2H3. The van der Waals surface area contributed by atoms with Crippen LogP contribution in [0.25, 0.3) is 0 Å². The molecule has 0 aromatic carbocycles. The van der Waals surface area contributed by atoms with E-state index in [1.165, 1.54) is 6.92 Å². The maximum absolute atomic E-state index is 12.7. The summed E-state index contributed by atoms with van der Waals surface area (Å²) in [5.74, 6) is -0.484. The summed E-state index contributed by atoms with van der Waals surface area (Å²) in [5.41, 5.74) is 0. The second-order valence-corrected chi connectivity index (χ2v) is 2.53. The summed E-state index contributed by atoms with van der Waals surface area (Å²) in [7, 11) is 0. The van der Waals surface area contributed by atoms with Crippen molar-refractivity contribution in [2.24, 2.45) is 0 Å². The molecule has 0 radical (unpaired) electrons. The molecular weight excluding hydrogens is 147 g/mol. The van der Waals surface area contributed by atoms with E-state index < -0.39 is 12.0 Å². The molecule has 1 atom stereocenters. The summed E-state index contributed by atoms with van der Waals surface area (Å²) in [6.45, 7) is 3.01. The van der Waals surface area contributed by atoms with Crippen LogP contribution in [0.3, 0.4) is 0 Å². The summed E-state index contributed by atoms with van der Waals surface area (Å²) in [6, 6.07) is 0. The first kappa shape index (κ1) is 10.3. The van der Waals surface area contributed by atoms with Crippen LogP contribution in [-0.4, -0.2) is 17.7 Å². The van der Waals surface area contributed by atoms with E-state index in [2.05, 4.69) is 0 Å². The number of Topliss-reactive ketones (excluding diaryl/α,β-unsaturated/α-hetero) is 2. The third kappa shape index (κ3) is 4.65. The van der Waals surface area contributed by atoms with E-state index in [9.17, 15) is 14.0 Å². The van der Waals surface area contributed by atoms with Crippen LogP contribution in [-0.2, 0) is 9.59 Å². The van der Waals surface area contributed by atoms with Crippen molar-refractivity contribution in [1.82, 2.24) is 0 Å². The van der Waals surface area contributed by atoms with Gasteiger partial charge in [0.15, 0.2) is 12.0 Å². The summed E-state index contributed by atoms with van der Waals surface area (Å²) in [4.78, 5) is 21.0. The number of halogens is 1. The largest absolute Gasteiger partial charge is 0.300 e. The van der Waals surface area contributed by atoms with Crippen LogP contribution in [0.15, 0.2) is 0 Å². The molecule has 0 saturated carbocycles. The lowest BCUT2D eigenvalue weighted by molar-refractivity contribution is -0.124. The highest BCUT2D eigenvalue weighted by Gasteiger charge is 2.14. The third-order valence-corrected chi connectivity index (χ3v) is 1.45. The number of carbonyl (C=O) groups is 2. The third-order valence-electron chi connectivity index (χ3n) is 1.45. The van der Waals surface area contributed by atoms with Gasteiger partial charge in [0.2, 0.25) is 0 Å². The monoisotopic (exact) mass is 160 g/mol. The van der Waals surface area contributed by atoms with Crippen molar-refractivity contribution in [3.05, 3.63) is 0 Å². The normalized spacial score (nSPS) is 12.6. The van der Waals surface area contributed by atoms with Crippen molar-refractivity contribution in [3.63, 3.8) is 0 Å². The first-order chi connectivity index (χ1) is 5.07. The predicted octanol–water partition coefficient (Wildman–Crippen LogP) is 1.67. The van der Waals surface area contributed by atoms with Gasteiger partial charge in [-0.2, -0.15) is 0 Å². The van der Waals surface area contributed by atoms with Crippen molar-refractivity contribution < 1.29 is 14.0 Å². The lowest BCUT2D eigenvalue weighted by Crippen LogP contribution is -2.15. The molecule has 11 heavy (non-hydrogen) atoms. The maximum Gasteiger partial charge on any atom is 0.166 e. The first-order valence-corrected chi connectivity index (χ1v) is 3.74. The zero-order valence-corrected chi connectivity index (χ0v) is 6.89. The fraction of sp³-hybridized carbons (Fsp3) is 0.750. The molecule has 2 nitrogen and oxygen atoms in total. The molecule has 0 aliphatic heterocycles. The van der Waals surface area contributed by atoms with Crippen molar-refractivity contribution in [1.29, 1.82) is 0 Å². The Balaban J connectivity index is 3.60. The summed E-state index contributed by atoms with van der Waals surface area (Å²) in [6.07, 6.45) is -1.03. The van der Waals surface area contributed by atoms with Gasteiger partial charge in [-0.3, -0.25) is 4.79 Å². The SMILES string of the molecule is CCC(=O)C(F)CCC(C)=O. The van der Waals surface area contributed by atoms with E-state index in [0.717, 1.165) is 0 Å². The van der Waals surface area contributed by atoms with Gasteiger partial charge in [0, 0.05) is 12.8 Å². The minimum Gasteiger partial charge on any atom is -0.300 e. The Morgan fingerprint density at radius 3 is 2.36 bits per heavy atom. The van der Waals surface area contributed by atoms with Gasteiger partial charge < -0.3 is 4.79 Å². The highest BCUT2D eigenvalue weighted by atomic mass is 19.1. The van der Waals surface area contributed by atoms with Crippen LogP contribution in [0.5, 0.6) is 0 Å². The molecule has 0 aromatic rings. The number of ketones is 2. The molecule has 0 rings (SSSR count). The van der Waals surface area contributed by atoms with E-state index in [4.69, 9.17) is 0 Å². The summed E-state index contributed by atoms with van der Waals surface area (Å²) < 4.78 is 12.7. The van der Waals surface area contributed by atoms with Crippen LogP contribution in [0.1, 0.15) is 33.1 Å². The number of hydrogen-bond acceptors (Lipinski definition) is 2. The van der Waals surface area contributed by atoms with E-state index in [1.54, 1.807) is 6.92 Å². The fourth-order valence-corrected chi connectivity index (χ4v) is 0.712. The van der Waals surface area contributed by atoms with E-state index in [0.29, 0.717) is 0 Å². The summed E-state index contributed by atoms with van der Waals surface area (Å²) >= 11 is 0. The second-order valence-electron chi connectivity index (χ2n) is 2.53. The van der Waals surface area contributed by atoms with E-state index in [1.807, 2.05) is 0 Å². The highest BCUT2D eigenvalue weighted by molar-refractivity contribution is 5.83. The Bertz CT molecular complexity index is 154. The van der Waals surface area contributed by atoms with Gasteiger partial charge in [0.25, 0.3) is 0 Å². The lowest BCUT2D eigenvalue weighted by Gasteiger charge is -2.02. The van der Waals surface area contributed by atoms with Gasteiger partial charge in [-0.1, -0.05) is 6.92 Å². The number of alkyl halides is 1. The van der Waals surface area contributed by atoms with Crippen LogP contribution >= 0.6 is 0 Å².